The minimum absolute atomic E-state index is 0.00462. The lowest BCUT2D eigenvalue weighted by Crippen LogP contribution is -2.08. The summed E-state index contributed by atoms with van der Waals surface area (Å²) in [6.45, 7) is 1.56. The Morgan fingerprint density at radius 2 is 1.88 bits per heavy atom. The first-order chi connectivity index (χ1) is 11.8. The Labute approximate surface area is 145 Å². The average Bonchev–Trinajstić information content (AvgIpc) is 2.60. The number of rotatable bonds is 6. The van der Waals surface area contributed by atoms with Gasteiger partial charge in [-0.15, -0.1) is 0 Å². The van der Waals surface area contributed by atoms with E-state index in [0.717, 1.165) is 0 Å². The Balaban J connectivity index is 2.05. The highest BCUT2D eigenvalue weighted by molar-refractivity contribution is 7.91. The van der Waals surface area contributed by atoms with Crippen molar-refractivity contribution in [3.63, 3.8) is 0 Å². The fourth-order valence-electron chi connectivity index (χ4n) is 2.01. The average molecular weight is 360 g/mol. The number of anilines is 1. The second kappa shape index (κ2) is 7.71. The summed E-state index contributed by atoms with van der Waals surface area (Å²) in [6, 6.07) is 11.8. The maximum absolute atomic E-state index is 11.9. The van der Waals surface area contributed by atoms with Gasteiger partial charge in [0, 0.05) is 23.9 Å². The first-order valence-electron chi connectivity index (χ1n) is 7.38. The van der Waals surface area contributed by atoms with E-state index in [9.17, 15) is 23.3 Å². The molecular formula is C17H16N2O5S. The Morgan fingerprint density at radius 1 is 1.20 bits per heavy atom. The number of nitrogens with one attached hydrogen (secondary N) is 1. The third-order valence-corrected chi connectivity index (χ3v) is 5.12. The van der Waals surface area contributed by atoms with E-state index in [2.05, 4.69) is 5.32 Å². The van der Waals surface area contributed by atoms with Gasteiger partial charge in [-0.1, -0.05) is 19.1 Å². The molecule has 0 aliphatic carbocycles. The highest BCUT2D eigenvalue weighted by atomic mass is 32.2. The Kier molecular flexibility index (Phi) is 5.66. The number of nitrogens with zero attached hydrogens (tertiary/aromatic N) is 1. The molecule has 130 valence electrons. The molecule has 0 aliphatic rings. The molecule has 1 N–H and O–H groups in total. The van der Waals surface area contributed by atoms with Crippen LogP contribution < -0.4 is 5.32 Å². The number of hydrogen-bond acceptors (Lipinski definition) is 5. The first kappa shape index (κ1) is 18.3. The lowest BCUT2D eigenvalue weighted by Gasteiger charge is -2.04. The summed E-state index contributed by atoms with van der Waals surface area (Å²) in [5.41, 5.74) is 0.910. The number of hydrogen-bond donors (Lipinski definition) is 1. The summed E-state index contributed by atoms with van der Waals surface area (Å²) in [4.78, 5) is 22.3. The SMILES string of the molecule is CCS(=O)(=O)c1ccc(NC(=O)/C=C/c2cccc([N+](=O)[O-])c2)cc1. The molecule has 7 nitrogen and oxygen atoms in total. The summed E-state index contributed by atoms with van der Waals surface area (Å²) in [5, 5.41) is 13.3. The van der Waals surface area contributed by atoms with Crippen molar-refractivity contribution in [3.05, 3.63) is 70.3 Å². The van der Waals surface area contributed by atoms with Crippen LogP contribution in [0, 0.1) is 10.1 Å². The van der Waals surface area contributed by atoms with E-state index in [1.54, 1.807) is 13.0 Å². The van der Waals surface area contributed by atoms with Gasteiger partial charge in [0.2, 0.25) is 5.91 Å². The van der Waals surface area contributed by atoms with Gasteiger partial charge in [0.25, 0.3) is 5.69 Å². The van der Waals surface area contributed by atoms with Crippen LogP contribution >= 0.6 is 0 Å². The van der Waals surface area contributed by atoms with E-state index in [4.69, 9.17) is 0 Å². The third kappa shape index (κ3) is 4.98. The standard InChI is InChI=1S/C17H16N2O5S/c1-2-25(23,24)16-9-7-14(8-10-16)18-17(20)11-6-13-4-3-5-15(12-13)19(21)22/h3-12H,2H2,1H3,(H,18,20)/b11-6+. The molecule has 2 aromatic rings. The number of carbonyl (C=O) groups excluding carboxylic acids is 1. The zero-order chi connectivity index (χ0) is 18.4. The summed E-state index contributed by atoms with van der Waals surface area (Å²) >= 11 is 0. The van der Waals surface area contributed by atoms with Crippen LogP contribution in [-0.2, 0) is 14.6 Å². The first-order valence-corrected chi connectivity index (χ1v) is 9.03. The molecule has 1 amide bonds. The molecule has 0 spiro atoms. The van der Waals surface area contributed by atoms with E-state index < -0.39 is 20.7 Å². The maximum atomic E-state index is 11.9. The van der Waals surface area contributed by atoms with E-state index in [1.165, 1.54) is 54.6 Å². The number of amides is 1. The highest BCUT2D eigenvalue weighted by Gasteiger charge is 2.11. The lowest BCUT2D eigenvalue weighted by molar-refractivity contribution is -0.384. The Hall–Kier alpha value is -3.00. The van der Waals surface area contributed by atoms with E-state index in [0.29, 0.717) is 11.3 Å². The molecule has 0 saturated heterocycles. The number of nitro groups is 1. The van der Waals surface area contributed by atoms with Crippen LogP contribution in [0.4, 0.5) is 11.4 Å². The molecule has 0 radical (unpaired) electrons. The van der Waals surface area contributed by atoms with Crippen molar-refractivity contribution >= 4 is 33.2 Å². The van der Waals surface area contributed by atoms with Gasteiger partial charge in [0.05, 0.1) is 15.6 Å². The topological polar surface area (TPSA) is 106 Å². The zero-order valence-electron chi connectivity index (χ0n) is 13.4. The summed E-state index contributed by atoms with van der Waals surface area (Å²) in [7, 11) is -3.28. The van der Waals surface area contributed by atoms with Crippen molar-refractivity contribution < 1.29 is 18.1 Å². The minimum atomic E-state index is -3.28. The van der Waals surface area contributed by atoms with Crippen LogP contribution in [-0.4, -0.2) is 25.0 Å². The quantitative estimate of drug-likeness (QED) is 0.484. The smallest absolute Gasteiger partial charge is 0.270 e. The second-order valence-electron chi connectivity index (χ2n) is 5.10. The van der Waals surface area contributed by atoms with E-state index in [1.807, 2.05) is 0 Å². The van der Waals surface area contributed by atoms with Gasteiger partial charge in [0.1, 0.15) is 0 Å². The fourth-order valence-corrected chi connectivity index (χ4v) is 2.89. The van der Waals surface area contributed by atoms with Crippen molar-refractivity contribution in [3.8, 4) is 0 Å². The molecule has 0 fully saturated rings. The molecule has 0 heterocycles. The zero-order valence-corrected chi connectivity index (χ0v) is 14.2. The number of sulfone groups is 1. The largest absolute Gasteiger partial charge is 0.323 e. The predicted molar refractivity (Wildman–Crippen MR) is 94.9 cm³/mol. The van der Waals surface area contributed by atoms with Crippen molar-refractivity contribution in [2.24, 2.45) is 0 Å². The normalized spacial score (nSPS) is 11.4. The van der Waals surface area contributed by atoms with Crippen molar-refractivity contribution in [1.82, 2.24) is 0 Å². The van der Waals surface area contributed by atoms with Crippen LogP contribution in [0.5, 0.6) is 0 Å². The molecule has 0 saturated carbocycles. The fraction of sp³-hybridized carbons (Fsp3) is 0.118. The van der Waals surface area contributed by atoms with Crippen molar-refractivity contribution in [2.75, 3.05) is 11.1 Å². The van der Waals surface area contributed by atoms with Crippen LogP contribution in [0.1, 0.15) is 12.5 Å². The second-order valence-corrected chi connectivity index (χ2v) is 7.38. The molecule has 0 bridgehead atoms. The van der Waals surface area contributed by atoms with Crippen molar-refractivity contribution in [1.29, 1.82) is 0 Å². The number of nitro benzene ring substituents is 1. The van der Waals surface area contributed by atoms with Gasteiger partial charge >= 0.3 is 0 Å². The predicted octanol–water partition coefficient (Wildman–Crippen LogP) is 3.04. The minimum Gasteiger partial charge on any atom is -0.323 e. The van der Waals surface area contributed by atoms with Gasteiger partial charge in [0.15, 0.2) is 9.84 Å². The van der Waals surface area contributed by atoms with Crippen LogP contribution in [0.25, 0.3) is 6.08 Å². The molecule has 0 unspecified atom stereocenters. The van der Waals surface area contributed by atoms with Gasteiger partial charge in [-0.05, 0) is 35.9 Å². The molecular weight excluding hydrogens is 344 g/mol. The number of benzene rings is 2. The lowest BCUT2D eigenvalue weighted by atomic mass is 10.2. The molecule has 2 rings (SSSR count). The molecule has 0 aromatic heterocycles. The van der Waals surface area contributed by atoms with Crippen LogP contribution in [0.2, 0.25) is 0 Å². The van der Waals surface area contributed by atoms with Gasteiger partial charge in [-0.2, -0.15) is 0 Å². The van der Waals surface area contributed by atoms with E-state index in [-0.39, 0.29) is 16.3 Å². The molecule has 8 heteroatoms. The molecule has 25 heavy (non-hydrogen) atoms. The monoisotopic (exact) mass is 360 g/mol. The molecule has 0 aliphatic heterocycles. The maximum Gasteiger partial charge on any atom is 0.270 e. The third-order valence-electron chi connectivity index (χ3n) is 3.37. The van der Waals surface area contributed by atoms with Crippen LogP contribution in [0.3, 0.4) is 0 Å². The molecule has 0 atom stereocenters. The van der Waals surface area contributed by atoms with Crippen LogP contribution in [0.15, 0.2) is 59.5 Å². The number of carbonyl (C=O) groups is 1. The van der Waals surface area contributed by atoms with Gasteiger partial charge < -0.3 is 5.32 Å². The summed E-state index contributed by atoms with van der Waals surface area (Å²) in [6.07, 6.45) is 2.70. The molecule has 2 aromatic carbocycles. The Bertz CT molecular complexity index is 918. The van der Waals surface area contributed by atoms with Gasteiger partial charge in [-0.3, -0.25) is 14.9 Å². The number of non-ortho nitro benzene ring substituents is 1. The van der Waals surface area contributed by atoms with Gasteiger partial charge in [-0.25, -0.2) is 8.42 Å². The van der Waals surface area contributed by atoms with E-state index >= 15 is 0 Å². The Morgan fingerprint density at radius 3 is 2.48 bits per heavy atom. The highest BCUT2D eigenvalue weighted by Crippen LogP contribution is 2.16. The summed E-state index contributed by atoms with van der Waals surface area (Å²) < 4.78 is 23.4. The van der Waals surface area contributed by atoms with Crippen molar-refractivity contribution in [2.45, 2.75) is 11.8 Å². The summed E-state index contributed by atoms with van der Waals surface area (Å²) in [5.74, 6) is -0.428.